The lowest BCUT2D eigenvalue weighted by Gasteiger charge is -2.11. The monoisotopic (exact) mass is 292 g/mol. The molecule has 2 rings (SSSR count). The molecule has 2 N–H and O–H groups in total. The molecule has 20 heavy (non-hydrogen) atoms. The van der Waals surface area contributed by atoms with E-state index in [0.29, 0.717) is 22.8 Å². The third-order valence-electron chi connectivity index (χ3n) is 2.66. The van der Waals surface area contributed by atoms with Crippen LogP contribution in [0, 0.1) is 0 Å². The Morgan fingerprint density at radius 3 is 2.85 bits per heavy atom. The molecule has 0 atom stereocenters. The van der Waals surface area contributed by atoms with E-state index in [0.717, 1.165) is 5.69 Å². The summed E-state index contributed by atoms with van der Waals surface area (Å²) < 4.78 is 4.71. The lowest BCUT2D eigenvalue weighted by Crippen LogP contribution is -2.08. The molecule has 0 unspecified atom stereocenters. The molecule has 0 fully saturated rings. The van der Waals surface area contributed by atoms with Gasteiger partial charge in [0.2, 0.25) is 0 Å². The number of rotatable bonds is 4. The highest BCUT2D eigenvalue weighted by Crippen LogP contribution is 2.22. The molecular formula is C14H13ClN2O3. The zero-order valence-electron chi connectivity index (χ0n) is 10.8. The summed E-state index contributed by atoms with van der Waals surface area (Å²) in [5.74, 6) is -0.338. The van der Waals surface area contributed by atoms with Crippen molar-refractivity contribution in [3.8, 4) is 5.75 Å². The van der Waals surface area contributed by atoms with E-state index >= 15 is 0 Å². The number of nitrogens with zero attached hydrogens (tertiary/aromatic N) is 1. The molecule has 2 aromatic rings. The Morgan fingerprint density at radius 1 is 1.40 bits per heavy atom. The minimum absolute atomic E-state index is 0.103. The number of halogens is 1. The second kappa shape index (κ2) is 6.25. The van der Waals surface area contributed by atoms with Crippen molar-refractivity contribution in [3.63, 3.8) is 0 Å². The smallest absolute Gasteiger partial charge is 0.339 e. The number of carbonyl (C=O) groups is 1. The SMILES string of the molecule is COC(=O)c1ccc(Cl)cc1NCc1ccc(O)cn1. The number of aromatic hydroxyl groups is 1. The summed E-state index contributed by atoms with van der Waals surface area (Å²) in [7, 11) is 1.32. The Labute approximate surface area is 121 Å². The largest absolute Gasteiger partial charge is 0.506 e. The highest BCUT2D eigenvalue weighted by atomic mass is 35.5. The molecule has 0 aliphatic heterocycles. The maximum Gasteiger partial charge on any atom is 0.339 e. The van der Waals surface area contributed by atoms with Gasteiger partial charge in [0, 0.05) is 5.02 Å². The van der Waals surface area contributed by atoms with Crippen LogP contribution in [0.2, 0.25) is 5.02 Å². The number of ether oxygens (including phenoxy) is 1. The fourth-order valence-electron chi connectivity index (χ4n) is 1.66. The molecule has 1 aromatic heterocycles. The number of methoxy groups -OCH3 is 1. The van der Waals surface area contributed by atoms with Gasteiger partial charge in [-0.15, -0.1) is 0 Å². The molecule has 104 valence electrons. The van der Waals surface area contributed by atoms with E-state index < -0.39 is 5.97 Å². The summed E-state index contributed by atoms with van der Waals surface area (Å²) in [6, 6.07) is 8.10. The summed E-state index contributed by atoms with van der Waals surface area (Å²) in [5, 5.41) is 12.8. The Morgan fingerprint density at radius 2 is 2.20 bits per heavy atom. The van der Waals surface area contributed by atoms with Gasteiger partial charge >= 0.3 is 5.97 Å². The Bertz CT molecular complexity index is 614. The minimum atomic E-state index is -0.442. The van der Waals surface area contributed by atoms with Crippen LogP contribution in [0.15, 0.2) is 36.5 Å². The van der Waals surface area contributed by atoms with Gasteiger partial charge in [-0.25, -0.2) is 4.79 Å². The van der Waals surface area contributed by atoms with Gasteiger partial charge in [0.1, 0.15) is 5.75 Å². The number of pyridine rings is 1. The lowest BCUT2D eigenvalue weighted by molar-refractivity contribution is 0.0602. The fourth-order valence-corrected chi connectivity index (χ4v) is 1.83. The van der Waals surface area contributed by atoms with Crippen LogP contribution in [0.4, 0.5) is 5.69 Å². The molecule has 1 aromatic carbocycles. The molecule has 0 spiro atoms. The molecule has 6 heteroatoms. The first-order valence-corrected chi connectivity index (χ1v) is 6.23. The van der Waals surface area contributed by atoms with Crippen molar-refractivity contribution < 1.29 is 14.6 Å². The van der Waals surface area contributed by atoms with Gasteiger partial charge in [-0.2, -0.15) is 0 Å². The van der Waals surface area contributed by atoms with Crippen molar-refractivity contribution in [1.29, 1.82) is 0 Å². The third-order valence-corrected chi connectivity index (χ3v) is 2.89. The second-order valence-electron chi connectivity index (χ2n) is 4.04. The average Bonchev–Trinajstić information content (AvgIpc) is 2.46. The first-order valence-electron chi connectivity index (χ1n) is 5.86. The van der Waals surface area contributed by atoms with Gasteiger partial charge in [-0.3, -0.25) is 4.98 Å². The Balaban J connectivity index is 2.17. The lowest BCUT2D eigenvalue weighted by atomic mass is 10.1. The molecule has 0 amide bonds. The summed E-state index contributed by atoms with van der Waals surface area (Å²) in [4.78, 5) is 15.7. The number of hydrogen-bond acceptors (Lipinski definition) is 5. The van der Waals surface area contributed by atoms with E-state index in [-0.39, 0.29) is 5.75 Å². The van der Waals surface area contributed by atoms with E-state index in [1.165, 1.54) is 13.3 Å². The predicted molar refractivity (Wildman–Crippen MR) is 76.0 cm³/mol. The molecule has 0 bridgehead atoms. The number of esters is 1. The van der Waals surface area contributed by atoms with Crippen molar-refractivity contribution in [2.45, 2.75) is 6.54 Å². The average molecular weight is 293 g/mol. The zero-order valence-corrected chi connectivity index (χ0v) is 11.5. The van der Waals surface area contributed by atoms with Gasteiger partial charge in [-0.1, -0.05) is 11.6 Å². The summed E-state index contributed by atoms with van der Waals surface area (Å²) in [6.07, 6.45) is 1.36. The van der Waals surface area contributed by atoms with Crippen LogP contribution in [-0.4, -0.2) is 23.2 Å². The summed E-state index contributed by atoms with van der Waals surface area (Å²) >= 11 is 5.93. The van der Waals surface area contributed by atoms with E-state index in [2.05, 4.69) is 10.3 Å². The van der Waals surface area contributed by atoms with Gasteiger partial charge < -0.3 is 15.2 Å². The fraction of sp³-hybridized carbons (Fsp3) is 0.143. The second-order valence-corrected chi connectivity index (χ2v) is 4.48. The first kappa shape index (κ1) is 14.1. The van der Waals surface area contributed by atoms with Crippen molar-refractivity contribution in [1.82, 2.24) is 4.98 Å². The highest BCUT2D eigenvalue weighted by molar-refractivity contribution is 6.31. The molecular weight excluding hydrogens is 280 g/mol. The Kier molecular flexibility index (Phi) is 4.42. The van der Waals surface area contributed by atoms with E-state index in [1.54, 1.807) is 30.3 Å². The molecule has 0 aliphatic carbocycles. The van der Waals surface area contributed by atoms with Crippen molar-refractivity contribution >= 4 is 23.3 Å². The third kappa shape index (κ3) is 3.39. The number of benzene rings is 1. The maximum absolute atomic E-state index is 11.6. The number of hydrogen-bond donors (Lipinski definition) is 2. The molecule has 0 radical (unpaired) electrons. The number of nitrogens with one attached hydrogen (secondary N) is 1. The van der Waals surface area contributed by atoms with Crippen molar-refractivity contribution in [2.24, 2.45) is 0 Å². The summed E-state index contributed by atoms with van der Waals surface area (Å²) in [5.41, 5.74) is 1.69. The normalized spacial score (nSPS) is 10.1. The first-order chi connectivity index (χ1) is 9.60. The van der Waals surface area contributed by atoms with Crippen LogP contribution < -0.4 is 5.32 Å². The molecule has 1 heterocycles. The van der Waals surface area contributed by atoms with E-state index in [9.17, 15) is 4.79 Å². The molecule has 0 aliphatic rings. The van der Waals surface area contributed by atoms with Crippen LogP contribution in [0.3, 0.4) is 0 Å². The van der Waals surface area contributed by atoms with Crippen LogP contribution in [0.5, 0.6) is 5.75 Å². The quantitative estimate of drug-likeness (QED) is 0.848. The predicted octanol–water partition coefficient (Wildman–Crippen LogP) is 2.84. The standard InChI is InChI=1S/C14H13ClN2O3/c1-20-14(19)12-5-2-9(15)6-13(12)17-7-10-3-4-11(18)8-16-10/h2-6,8,17-18H,7H2,1H3. The van der Waals surface area contributed by atoms with Crippen molar-refractivity contribution in [2.75, 3.05) is 12.4 Å². The van der Waals surface area contributed by atoms with Crippen LogP contribution in [0.1, 0.15) is 16.1 Å². The molecule has 5 nitrogen and oxygen atoms in total. The Hall–Kier alpha value is -2.27. The molecule has 0 saturated heterocycles. The van der Waals surface area contributed by atoms with Crippen molar-refractivity contribution in [3.05, 3.63) is 52.8 Å². The number of carbonyl (C=O) groups excluding carboxylic acids is 1. The van der Waals surface area contributed by atoms with Crippen LogP contribution in [0.25, 0.3) is 0 Å². The van der Waals surface area contributed by atoms with Crippen LogP contribution >= 0.6 is 11.6 Å². The minimum Gasteiger partial charge on any atom is -0.506 e. The van der Waals surface area contributed by atoms with Gasteiger partial charge in [0.05, 0.1) is 36.8 Å². The number of anilines is 1. The maximum atomic E-state index is 11.6. The zero-order chi connectivity index (χ0) is 14.5. The topological polar surface area (TPSA) is 71.5 Å². The van der Waals surface area contributed by atoms with Gasteiger partial charge in [0.25, 0.3) is 0 Å². The number of aromatic nitrogens is 1. The van der Waals surface area contributed by atoms with E-state index in [1.807, 2.05) is 0 Å². The van der Waals surface area contributed by atoms with E-state index in [4.69, 9.17) is 21.4 Å². The highest BCUT2D eigenvalue weighted by Gasteiger charge is 2.12. The van der Waals surface area contributed by atoms with Gasteiger partial charge in [-0.05, 0) is 30.3 Å². The molecule has 0 saturated carbocycles. The van der Waals surface area contributed by atoms with Gasteiger partial charge in [0.15, 0.2) is 0 Å². The summed E-state index contributed by atoms with van der Waals surface area (Å²) in [6.45, 7) is 0.393. The van der Waals surface area contributed by atoms with Crippen LogP contribution in [-0.2, 0) is 11.3 Å².